The van der Waals surface area contributed by atoms with Crippen LogP contribution in [0.4, 0.5) is 9.59 Å². The highest BCUT2D eigenvalue weighted by Crippen LogP contribution is 2.44. The quantitative estimate of drug-likeness (QED) is 0.514. The average Bonchev–Trinajstić information content (AvgIpc) is 3.10. The molecule has 1 fully saturated rings. The molecule has 4 rings (SSSR count). The monoisotopic (exact) mass is 512 g/mol. The summed E-state index contributed by atoms with van der Waals surface area (Å²) in [5.41, 5.74) is 3.85. The Morgan fingerprint density at radius 1 is 1.06 bits per heavy atom. The summed E-state index contributed by atoms with van der Waals surface area (Å²) in [6.07, 6.45) is 0.619. The second-order valence-corrected chi connectivity index (χ2v) is 11.1. The first-order valence-electron chi connectivity index (χ1n) is 11.9. The van der Waals surface area contributed by atoms with Crippen molar-refractivity contribution >= 4 is 29.9 Å². The maximum atomic E-state index is 12.8. The number of alkyl carbamates (subject to hydrolysis) is 1. The van der Waals surface area contributed by atoms with Gasteiger partial charge in [0.25, 0.3) is 0 Å². The van der Waals surface area contributed by atoms with E-state index in [-0.39, 0.29) is 31.5 Å². The van der Waals surface area contributed by atoms with Gasteiger partial charge in [-0.15, -0.1) is 11.8 Å². The van der Waals surface area contributed by atoms with Crippen molar-refractivity contribution in [3.8, 4) is 11.1 Å². The molecule has 0 radical (unpaired) electrons. The third kappa shape index (κ3) is 5.46. The van der Waals surface area contributed by atoms with E-state index in [1.54, 1.807) is 27.0 Å². The van der Waals surface area contributed by atoms with Crippen molar-refractivity contribution in [1.82, 2.24) is 10.2 Å². The zero-order chi connectivity index (χ0) is 26.0. The predicted molar refractivity (Wildman–Crippen MR) is 138 cm³/mol. The number of amides is 2. The Morgan fingerprint density at radius 3 is 2.11 bits per heavy atom. The number of nitrogens with zero attached hydrogens (tertiary/aromatic N) is 1. The SMILES string of the molecule is CSC(NC(=O)OCC1c2ccccc2-c2ccccc21)C(C(=O)O)C1CN(C(=O)OC(C)(C)C)C1. The maximum absolute atomic E-state index is 12.8. The zero-order valence-electron chi connectivity index (χ0n) is 20.9. The fourth-order valence-corrected chi connectivity index (χ4v) is 5.69. The van der Waals surface area contributed by atoms with Gasteiger partial charge in [-0.25, -0.2) is 9.59 Å². The summed E-state index contributed by atoms with van der Waals surface area (Å²) in [4.78, 5) is 38.6. The Hall–Kier alpha value is -3.20. The lowest BCUT2D eigenvalue weighted by Gasteiger charge is -2.43. The van der Waals surface area contributed by atoms with Gasteiger partial charge in [-0.3, -0.25) is 4.79 Å². The minimum atomic E-state index is -1.03. The van der Waals surface area contributed by atoms with Crippen molar-refractivity contribution < 1.29 is 29.0 Å². The molecular weight excluding hydrogens is 480 g/mol. The van der Waals surface area contributed by atoms with E-state index in [9.17, 15) is 19.5 Å². The predicted octanol–water partition coefficient (Wildman–Crippen LogP) is 4.78. The summed E-state index contributed by atoms with van der Waals surface area (Å²) in [6, 6.07) is 16.1. The number of fused-ring (bicyclic) bond motifs is 3. The number of benzene rings is 2. The summed E-state index contributed by atoms with van der Waals surface area (Å²) in [6.45, 7) is 6.01. The van der Waals surface area contributed by atoms with Gasteiger partial charge in [-0.05, 0) is 49.3 Å². The van der Waals surface area contributed by atoms with E-state index < -0.39 is 35.0 Å². The highest BCUT2D eigenvalue weighted by Gasteiger charge is 2.45. The van der Waals surface area contributed by atoms with Crippen molar-refractivity contribution in [3.05, 3.63) is 59.7 Å². The number of nitrogens with one attached hydrogen (secondary N) is 1. The van der Waals surface area contributed by atoms with Crippen LogP contribution in [-0.4, -0.2) is 65.1 Å². The molecule has 2 N–H and O–H groups in total. The van der Waals surface area contributed by atoms with Crippen LogP contribution in [0.25, 0.3) is 11.1 Å². The lowest BCUT2D eigenvalue weighted by molar-refractivity contribution is -0.146. The minimum Gasteiger partial charge on any atom is -0.481 e. The van der Waals surface area contributed by atoms with Gasteiger partial charge in [0.1, 0.15) is 12.2 Å². The minimum absolute atomic E-state index is 0.0832. The van der Waals surface area contributed by atoms with E-state index >= 15 is 0 Å². The Morgan fingerprint density at radius 2 is 1.61 bits per heavy atom. The fourth-order valence-electron chi connectivity index (χ4n) is 4.85. The van der Waals surface area contributed by atoms with Crippen molar-refractivity contribution in [1.29, 1.82) is 0 Å². The van der Waals surface area contributed by atoms with E-state index in [0.717, 1.165) is 22.3 Å². The number of ether oxygens (including phenoxy) is 2. The standard InChI is InChI=1S/C27H32N2O6S/c1-27(2,3)35-26(33)29-13-16(14-29)22(24(30)31)23(36-4)28-25(32)34-15-21-19-11-7-5-9-17(19)18-10-6-8-12-20(18)21/h5-12,16,21-23H,13-15H2,1-4H3,(H,28,32)(H,30,31). The molecule has 9 heteroatoms. The van der Waals surface area contributed by atoms with Gasteiger partial charge in [0, 0.05) is 24.9 Å². The molecule has 192 valence electrons. The van der Waals surface area contributed by atoms with Crippen LogP contribution in [0.5, 0.6) is 0 Å². The molecule has 2 unspecified atom stereocenters. The van der Waals surface area contributed by atoms with Crippen molar-refractivity contribution in [2.24, 2.45) is 11.8 Å². The van der Waals surface area contributed by atoms with Crippen LogP contribution >= 0.6 is 11.8 Å². The lowest BCUT2D eigenvalue weighted by Crippen LogP contribution is -2.58. The third-order valence-electron chi connectivity index (χ3n) is 6.54. The highest BCUT2D eigenvalue weighted by molar-refractivity contribution is 7.99. The van der Waals surface area contributed by atoms with Crippen molar-refractivity contribution in [3.63, 3.8) is 0 Å². The molecule has 1 aliphatic heterocycles. The number of hydrogen-bond acceptors (Lipinski definition) is 6. The Balaban J connectivity index is 1.37. The largest absolute Gasteiger partial charge is 0.481 e. The van der Waals surface area contributed by atoms with E-state index in [0.29, 0.717) is 0 Å². The number of carboxylic acid groups (broad SMARTS) is 1. The number of thioether (sulfide) groups is 1. The zero-order valence-corrected chi connectivity index (χ0v) is 21.7. The van der Waals surface area contributed by atoms with Gasteiger partial charge in [0.05, 0.1) is 11.3 Å². The summed E-state index contributed by atoms with van der Waals surface area (Å²) in [5, 5.41) is 11.9. The molecule has 2 amide bonds. The average molecular weight is 513 g/mol. The van der Waals surface area contributed by atoms with Gasteiger partial charge in [0.15, 0.2) is 0 Å². The highest BCUT2D eigenvalue weighted by atomic mass is 32.2. The molecule has 0 bridgehead atoms. The van der Waals surface area contributed by atoms with E-state index in [4.69, 9.17) is 9.47 Å². The molecule has 0 aromatic heterocycles. The Labute approximate surface area is 215 Å². The summed E-state index contributed by atoms with van der Waals surface area (Å²) in [5.74, 6) is -2.29. The molecule has 2 aromatic rings. The van der Waals surface area contributed by atoms with E-state index in [2.05, 4.69) is 17.4 Å². The third-order valence-corrected chi connectivity index (χ3v) is 7.46. The molecule has 0 saturated carbocycles. The van der Waals surface area contributed by atoms with Gasteiger partial charge >= 0.3 is 18.2 Å². The molecule has 1 heterocycles. The molecule has 36 heavy (non-hydrogen) atoms. The van der Waals surface area contributed by atoms with Crippen LogP contribution in [0.15, 0.2) is 48.5 Å². The van der Waals surface area contributed by atoms with Crippen LogP contribution in [0.1, 0.15) is 37.8 Å². The number of carbonyl (C=O) groups excluding carboxylic acids is 2. The first-order chi connectivity index (χ1) is 17.1. The first-order valence-corrected chi connectivity index (χ1v) is 13.2. The topological polar surface area (TPSA) is 105 Å². The van der Waals surface area contributed by atoms with Gasteiger partial charge < -0.3 is 24.8 Å². The van der Waals surface area contributed by atoms with Gasteiger partial charge in [-0.2, -0.15) is 0 Å². The van der Waals surface area contributed by atoms with Crippen LogP contribution < -0.4 is 5.32 Å². The molecule has 2 atom stereocenters. The molecule has 2 aromatic carbocycles. The summed E-state index contributed by atoms with van der Waals surface area (Å²) >= 11 is 1.24. The summed E-state index contributed by atoms with van der Waals surface area (Å²) < 4.78 is 11.0. The Kier molecular flexibility index (Phi) is 7.49. The number of likely N-dealkylation sites (tertiary alicyclic amines) is 1. The molecule has 2 aliphatic rings. The van der Waals surface area contributed by atoms with Gasteiger partial charge in [-0.1, -0.05) is 48.5 Å². The number of rotatable bonds is 7. The van der Waals surface area contributed by atoms with Crippen LogP contribution in [0.2, 0.25) is 0 Å². The molecule has 1 saturated heterocycles. The van der Waals surface area contributed by atoms with Crippen molar-refractivity contribution in [2.45, 2.75) is 37.7 Å². The molecular formula is C27H32N2O6S. The second-order valence-electron chi connectivity index (χ2n) is 10.1. The van der Waals surface area contributed by atoms with Crippen LogP contribution in [-0.2, 0) is 14.3 Å². The molecule has 0 spiro atoms. The first kappa shape index (κ1) is 25.9. The molecule has 8 nitrogen and oxygen atoms in total. The maximum Gasteiger partial charge on any atom is 0.410 e. The van der Waals surface area contributed by atoms with Gasteiger partial charge in [0.2, 0.25) is 0 Å². The number of aliphatic carboxylic acids is 1. The molecule has 1 aliphatic carbocycles. The lowest BCUT2D eigenvalue weighted by atomic mass is 9.85. The van der Waals surface area contributed by atoms with Crippen molar-refractivity contribution in [2.75, 3.05) is 26.0 Å². The van der Waals surface area contributed by atoms with Crippen LogP contribution in [0.3, 0.4) is 0 Å². The number of carboxylic acids is 1. The normalized spacial score (nSPS) is 16.8. The number of carbonyl (C=O) groups is 3. The second kappa shape index (κ2) is 10.4. The Bertz CT molecular complexity index is 1100. The smallest absolute Gasteiger partial charge is 0.410 e. The van der Waals surface area contributed by atoms with Crippen LogP contribution in [0, 0.1) is 11.8 Å². The fraction of sp³-hybridized carbons (Fsp3) is 0.444. The number of hydrogen-bond donors (Lipinski definition) is 2. The van der Waals surface area contributed by atoms with E-state index in [1.807, 2.05) is 36.4 Å². The van der Waals surface area contributed by atoms with E-state index in [1.165, 1.54) is 16.7 Å². The summed E-state index contributed by atoms with van der Waals surface area (Å²) in [7, 11) is 0.